The molecular formula is C26H33ClN4O4S. The van der Waals surface area contributed by atoms with E-state index in [-0.39, 0.29) is 47.2 Å². The Morgan fingerprint density at radius 3 is 2.83 bits per heavy atom. The Labute approximate surface area is 220 Å². The predicted octanol–water partition coefficient (Wildman–Crippen LogP) is 3.89. The van der Waals surface area contributed by atoms with Gasteiger partial charge in [0.05, 0.1) is 18.4 Å². The van der Waals surface area contributed by atoms with Crippen LogP contribution in [0.1, 0.15) is 60.0 Å². The lowest BCUT2D eigenvalue weighted by Gasteiger charge is -2.58. The minimum atomic E-state index is -0.708. The van der Waals surface area contributed by atoms with Crippen molar-refractivity contribution in [1.82, 2.24) is 14.9 Å². The molecule has 0 aliphatic heterocycles. The lowest BCUT2D eigenvalue weighted by Crippen LogP contribution is -2.57. The number of pyridine rings is 1. The largest absolute Gasteiger partial charge is 0.396 e. The molecule has 2 amide bonds. The first-order chi connectivity index (χ1) is 17.0. The first kappa shape index (κ1) is 26.7. The first-order valence-corrected chi connectivity index (χ1v) is 13.3. The number of likely N-dealkylation sites (N-methyl/N-ethyl adjacent to an activating group) is 1. The first-order valence-electron chi connectivity index (χ1n) is 12.1. The molecule has 0 aromatic carbocycles. The van der Waals surface area contributed by atoms with Gasteiger partial charge >= 0.3 is 0 Å². The van der Waals surface area contributed by atoms with Crippen molar-refractivity contribution in [3.05, 3.63) is 52.3 Å². The number of nitrogens with zero attached hydrogens (tertiary/aromatic N) is 3. The molecule has 10 heteroatoms. The second-order valence-corrected chi connectivity index (χ2v) is 11.9. The summed E-state index contributed by atoms with van der Waals surface area (Å²) in [5.74, 6) is -0.643. The number of amides is 2. The molecule has 0 radical (unpaired) electrons. The fourth-order valence-corrected chi connectivity index (χ4v) is 7.28. The highest BCUT2D eigenvalue weighted by atomic mass is 35.5. The van der Waals surface area contributed by atoms with Gasteiger partial charge in [-0.25, -0.2) is 9.97 Å². The lowest BCUT2D eigenvalue weighted by atomic mass is 9.47. The minimum absolute atomic E-state index is 0.0189. The summed E-state index contributed by atoms with van der Waals surface area (Å²) < 4.78 is 0. The SMILES string of the molecule is C=CCN(C)C(=O)CC1c2nc(NC(=O)c3ccnc(Cl)c3)sc2CC2C(C)(CO)C(O)CCC12C. The van der Waals surface area contributed by atoms with Crippen LogP contribution in [0.5, 0.6) is 0 Å². The number of aliphatic hydroxyl groups excluding tert-OH is 2. The van der Waals surface area contributed by atoms with Crippen molar-refractivity contribution in [2.75, 3.05) is 25.5 Å². The number of fused-ring (bicyclic) bond motifs is 2. The zero-order valence-corrected chi connectivity index (χ0v) is 22.4. The molecule has 2 aromatic rings. The molecule has 2 aromatic heterocycles. The maximum absolute atomic E-state index is 13.2. The molecule has 0 saturated heterocycles. The highest BCUT2D eigenvalue weighted by molar-refractivity contribution is 7.15. The highest BCUT2D eigenvalue weighted by Gasteiger charge is 2.59. The van der Waals surface area contributed by atoms with E-state index in [0.29, 0.717) is 36.5 Å². The number of hydrogen-bond acceptors (Lipinski definition) is 7. The summed E-state index contributed by atoms with van der Waals surface area (Å²) >= 11 is 7.32. The van der Waals surface area contributed by atoms with Gasteiger partial charge in [0.15, 0.2) is 5.13 Å². The Morgan fingerprint density at radius 1 is 1.42 bits per heavy atom. The van der Waals surface area contributed by atoms with Crippen LogP contribution in [0.2, 0.25) is 5.15 Å². The summed E-state index contributed by atoms with van der Waals surface area (Å²) in [5.41, 5.74) is 0.124. The third-order valence-corrected chi connectivity index (χ3v) is 9.53. The predicted molar refractivity (Wildman–Crippen MR) is 140 cm³/mol. The number of carbonyl (C=O) groups excluding carboxylic acids is 2. The molecule has 2 heterocycles. The van der Waals surface area contributed by atoms with E-state index in [1.165, 1.54) is 23.6 Å². The summed E-state index contributed by atoms with van der Waals surface area (Å²) in [7, 11) is 1.75. The molecule has 0 bridgehead atoms. The molecule has 1 saturated carbocycles. The molecule has 0 spiro atoms. The summed E-state index contributed by atoms with van der Waals surface area (Å²) in [6.45, 7) is 8.12. The van der Waals surface area contributed by atoms with Gasteiger partial charge in [-0.2, -0.15) is 0 Å². The Bertz CT molecular complexity index is 1170. The Morgan fingerprint density at radius 2 is 2.17 bits per heavy atom. The van der Waals surface area contributed by atoms with Crippen molar-refractivity contribution in [1.29, 1.82) is 0 Å². The van der Waals surface area contributed by atoms with Crippen molar-refractivity contribution in [3.8, 4) is 0 Å². The molecule has 4 rings (SSSR count). The van der Waals surface area contributed by atoms with Crippen molar-refractivity contribution < 1.29 is 19.8 Å². The van der Waals surface area contributed by atoms with E-state index in [1.807, 2.05) is 6.92 Å². The van der Waals surface area contributed by atoms with Crippen molar-refractivity contribution >= 4 is 39.9 Å². The number of halogens is 1. The van der Waals surface area contributed by atoms with Gasteiger partial charge in [0.2, 0.25) is 5.91 Å². The van der Waals surface area contributed by atoms with Crippen LogP contribution >= 0.6 is 22.9 Å². The smallest absolute Gasteiger partial charge is 0.257 e. The van der Waals surface area contributed by atoms with Gasteiger partial charge in [-0.1, -0.05) is 31.5 Å². The van der Waals surface area contributed by atoms with Crippen LogP contribution in [0.25, 0.3) is 0 Å². The fraction of sp³-hybridized carbons (Fsp3) is 0.538. The number of rotatable bonds is 7. The zero-order valence-electron chi connectivity index (χ0n) is 20.8. The van der Waals surface area contributed by atoms with Crippen LogP contribution in [-0.4, -0.2) is 63.2 Å². The number of hydrogen-bond donors (Lipinski definition) is 3. The van der Waals surface area contributed by atoms with Crippen molar-refractivity contribution in [2.24, 2.45) is 16.7 Å². The molecule has 2 aliphatic rings. The number of nitrogens with one attached hydrogen (secondary N) is 1. The van der Waals surface area contributed by atoms with Gasteiger partial charge in [-0.15, -0.1) is 17.9 Å². The second kappa shape index (κ2) is 10.2. The number of aliphatic hydroxyl groups is 2. The number of aromatic nitrogens is 2. The zero-order chi connectivity index (χ0) is 26.3. The maximum atomic E-state index is 13.2. The molecule has 1 fully saturated rings. The van der Waals surface area contributed by atoms with E-state index in [4.69, 9.17) is 16.6 Å². The third kappa shape index (κ3) is 4.69. The van der Waals surface area contributed by atoms with Crippen molar-refractivity contribution in [2.45, 2.75) is 51.6 Å². The van der Waals surface area contributed by atoms with Crippen LogP contribution in [0, 0.1) is 16.7 Å². The summed E-state index contributed by atoms with van der Waals surface area (Å²) in [6.07, 6.45) is 4.65. The van der Waals surface area contributed by atoms with Gasteiger partial charge in [0.25, 0.3) is 5.91 Å². The van der Waals surface area contributed by atoms with Crippen LogP contribution < -0.4 is 5.32 Å². The average molecular weight is 533 g/mol. The second-order valence-electron chi connectivity index (χ2n) is 10.4. The molecule has 36 heavy (non-hydrogen) atoms. The summed E-state index contributed by atoms with van der Waals surface area (Å²) in [6, 6.07) is 3.07. The molecule has 194 valence electrons. The van der Waals surface area contributed by atoms with E-state index in [0.717, 1.165) is 10.6 Å². The molecule has 2 aliphatic carbocycles. The Hall–Kier alpha value is -2.33. The number of thiazole rings is 1. The minimum Gasteiger partial charge on any atom is -0.396 e. The van der Waals surface area contributed by atoms with Gasteiger partial charge in [0, 0.05) is 48.0 Å². The topological polar surface area (TPSA) is 116 Å². The van der Waals surface area contributed by atoms with E-state index >= 15 is 0 Å². The molecule has 8 nitrogen and oxygen atoms in total. The monoisotopic (exact) mass is 532 g/mol. The van der Waals surface area contributed by atoms with E-state index < -0.39 is 11.5 Å². The highest BCUT2D eigenvalue weighted by Crippen LogP contribution is 2.62. The summed E-state index contributed by atoms with van der Waals surface area (Å²) in [4.78, 5) is 37.4. The lowest BCUT2D eigenvalue weighted by molar-refractivity contribution is -0.146. The van der Waals surface area contributed by atoms with Crippen LogP contribution in [0.15, 0.2) is 31.0 Å². The maximum Gasteiger partial charge on any atom is 0.257 e. The van der Waals surface area contributed by atoms with E-state index in [1.54, 1.807) is 24.1 Å². The van der Waals surface area contributed by atoms with E-state index in [2.05, 4.69) is 23.8 Å². The standard InChI is InChI=1S/C26H33ClN4O4S/c1-5-10-31(4)21(34)12-16-22-17(13-18-25(16,2)8-6-19(33)26(18,3)14-32)36-24(29-22)30-23(35)15-7-9-28-20(27)11-15/h5,7,9,11,16,18-19,32-33H,1,6,8,10,12-14H2,2-4H3,(H,29,30,35). The van der Waals surface area contributed by atoms with Crippen LogP contribution in [-0.2, 0) is 11.2 Å². The third-order valence-electron chi connectivity index (χ3n) is 8.31. The van der Waals surface area contributed by atoms with Gasteiger partial charge in [0.1, 0.15) is 5.15 Å². The van der Waals surface area contributed by atoms with Gasteiger partial charge < -0.3 is 15.1 Å². The average Bonchev–Trinajstić information content (AvgIpc) is 3.25. The molecule has 5 atom stereocenters. The van der Waals surface area contributed by atoms with Crippen molar-refractivity contribution in [3.63, 3.8) is 0 Å². The van der Waals surface area contributed by atoms with Gasteiger partial charge in [-0.3, -0.25) is 14.9 Å². The number of carbonyl (C=O) groups is 2. The van der Waals surface area contributed by atoms with Crippen LogP contribution in [0.3, 0.4) is 0 Å². The molecular weight excluding hydrogens is 500 g/mol. The Kier molecular flexibility index (Phi) is 7.57. The molecule has 3 N–H and O–H groups in total. The normalized spacial score (nSPS) is 29.1. The fourth-order valence-electron chi connectivity index (χ4n) is 6.04. The Balaban J connectivity index is 1.72. The van der Waals surface area contributed by atoms with E-state index in [9.17, 15) is 19.8 Å². The van der Waals surface area contributed by atoms with Crippen LogP contribution in [0.4, 0.5) is 5.13 Å². The molecule has 5 unspecified atom stereocenters. The quantitative estimate of drug-likeness (QED) is 0.368. The number of anilines is 1. The summed E-state index contributed by atoms with van der Waals surface area (Å²) in [5, 5.41) is 24.8. The van der Waals surface area contributed by atoms with Gasteiger partial charge in [-0.05, 0) is 42.7 Å².